The number of unbranched alkanes of at least 4 members (excludes halogenated alkanes) is 2. The SMILES string of the molecule is CCCCCN1C(=O)C(c2cc(Cl)c(F)cc2O)c2ccccc21. The van der Waals surface area contributed by atoms with Gasteiger partial charge < -0.3 is 10.0 Å². The van der Waals surface area contributed by atoms with Crippen LogP contribution in [0.3, 0.4) is 0 Å². The van der Waals surface area contributed by atoms with Crippen molar-refractivity contribution in [1.82, 2.24) is 0 Å². The van der Waals surface area contributed by atoms with E-state index in [0.29, 0.717) is 12.1 Å². The predicted octanol–water partition coefficient (Wildman–Crippen LogP) is 4.85. The summed E-state index contributed by atoms with van der Waals surface area (Å²) in [7, 11) is 0. The van der Waals surface area contributed by atoms with Gasteiger partial charge in [0.15, 0.2) is 0 Å². The van der Waals surface area contributed by atoms with Crippen LogP contribution in [0.5, 0.6) is 5.75 Å². The summed E-state index contributed by atoms with van der Waals surface area (Å²) in [6.07, 6.45) is 3.03. The Kier molecular flexibility index (Phi) is 4.76. The Morgan fingerprint density at radius 1 is 1.21 bits per heavy atom. The number of phenols is 1. The second kappa shape index (κ2) is 6.81. The fourth-order valence-corrected chi connectivity index (χ4v) is 3.39. The van der Waals surface area contributed by atoms with Gasteiger partial charge in [0.25, 0.3) is 0 Å². The molecule has 1 aliphatic heterocycles. The molecule has 2 aromatic carbocycles. The minimum Gasteiger partial charge on any atom is -0.508 e. The molecule has 0 spiro atoms. The molecule has 1 amide bonds. The zero-order valence-corrected chi connectivity index (χ0v) is 14.2. The average Bonchev–Trinajstić information content (AvgIpc) is 2.84. The number of aromatic hydroxyl groups is 1. The van der Waals surface area contributed by atoms with Crippen LogP contribution in [-0.4, -0.2) is 17.6 Å². The quantitative estimate of drug-likeness (QED) is 0.785. The molecule has 2 aromatic rings. The van der Waals surface area contributed by atoms with Crippen LogP contribution in [-0.2, 0) is 4.79 Å². The third-order valence-electron chi connectivity index (χ3n) is 4.42. The highest BCUT2D eigenvalue weighted by Crippen LogP contribution is 2.44. The van der Waals surface area contributed by atoms with Gasteiger partial charge in [0, 0.05) is 23.9 Å². The molecule has 1 unspecified atom stereocenters. The lowest BCUT2D eigenvalue weighted by atomic mass is 9.92. The number of hydrogen-bond donors (Lipinski definition) is 1. The van der Waals surface area contributed by atoms with Crippen LogP contribution in [0, 0.1) is 5.82 Å². The first-order chi connectivity index (χ1) is 11.5. The minimum atomic E-state index is -0.698. The van der Waals surface area contributed by atoms with E-state index in [-0.39, 0.29) is 16.7 Å². The number of fused-ring (bicyclic) bond motifs is 1. The Labute approximate surface area is 145 Å². The van der Waals surface area contributed by atoms with Crippen molar-refractivity contribution in [2.45, 2.75) is 32.1 Å². The Balaban J connectivity index is 2.03. The standard InChI is InChI=1S/C19H19ClFNO2/c1-2-3-6-9-22-16-8-5-4-7-12(16)18(19(22)24)13-10-14(20)15(21)11-17(13)23/h4-5,7-8,10-11,18,23H,2-3,6,9H2,1H3. The summed E-state index contributed by atoms with van der Waals surface area (Å²) in [4.78, 5) is 14.7. The zero-order valence-electron chi connectivity index (χ0n) is 13.4. The van der Waals surface area contributed by atoms with Crippen molar-refractivity contribution in [3.63, 3.8) is 0 Å². The smallest absolute Gasteiger partial charge is 0.239 e. The van der Waals surface area contributed by atoms with E-state index >= 15 is 0 Å². The second-order valence-corrected chi connectivity index (χ2v) is 6.42. The molecule has 1 heterocycles. The molecule has 3 rings (SSSR count). The number of amides is 1. The topological polar surface area (TPSA) is 40.5 Å². The van der Waals surface area contributed by atoms with Crippen LogP contribution < -0.4 is 4.90 Å². The molecule has 1 N–H and O–H groups in total. The van der Waals surface area contributed by atoms with Crippen molar-refractivity contribution in [2.24, 2.45) is 0 Å². The fraction of sp³-hybridized carbons (Fsp3) is 0.316. The summed E-state index contributed by atoms with van der Waals surface area (Å²) < 4.78 is 13.5. The maximum atomic E-state index is 13.5. The lowest BCUT2D eigenvalue weighted by molar-refractivity contribution is -0.118. The first kappa shape index (κ1) is 16.8. The Bertz CT molecular complexity index is 778. The highest BCUT2D eigenvalue weighted by molar-refractivity contribution is 6.31. The monoisotopic (exact) mass is 347 g/mol. The van der Waals surface area contributed by atoms with Gasteiger partial charge in [-0.1, -0.05) is 49.6 Å². The third-order valence-corrected chi connectivity index (χ3v) is 4.71. The van der Waals surface area contributed by atoms with Crippen molar-refractivity contribution in [3.8, 4) is 5.75 Å². The molecule has 126 valence electrons. The van der Waals surface area contributed by atoms with E-state index in [4.69, 9.17) is 11.6 Å². The summed E-state index contributed by atoms with van der Waals surface area (Å²) in [5.74, 6) is -1.71. The van der Waals surface area contributed by atoms with E-state index in [0.717, 1.165) is 36.6 Å². The maximum absolute atomic E-state index is 13.5. The molecule has 0 fully saturated rings. The minimum absolute atomic E-state index is 0.0995. The van der Waals surface area contributed by atoms with Gasteiger partial charge in [-0.25, -0.2) is 4.39 Å². The Morgan fingerprint density at radius 2 is 1.96 bits per heavy atom. The number of carbonyl (C=O) groups is 1. The molecule has 0 aliphatic carbocycles. The molecule has 0 bridgehead atoms. The number of hydrogen-bond acceptors (Lipinski definition) is 2. The number of para-hydroxylation sites is 1. The molecule has 1 atom stereocenters. The van der Waals surface area contributed by atoms with E-state index in [2.05, 4.69) is 6.92 Å². The number of nitrogens with zero attached hydrogens (tertiary/aromatic N) is 1. The second-order valence-electron chi connectivity index (χ2n) is 6.01. The van der Waals surface area contributed by atoms with Crippen molar-refractivity contribution in [1.29, 1.82) is 0 Å². The van der Waals surface area contributed by atoms with Crippen molar-refractivity contribution in [2.75, 3.05) is 11.4 Å². The summed E-state index contributed by atoms with van der Waals surface area (Å²) in [6, 6.07) is 9.83. The lowest BCUT2D eigenvalue weighted by Crippen LogP contribution is -2.30. The van der Waals surface area contributed by atoms with E-state index in [1.165, 1.54) is 6.07 Å². The molecule has 3 nitrogen and oxygen atoms in total. The third kappa shape index (κ3) is 2.86. The van der Waals surface area contributed by atoms with Crippen LogP contribution in [0.4, 0.5) is 10.1 Å². The lowest BCUT2D eigenvalue weighted by Gasteiger charge is -2.18. The molecule has 0 saturated carbocycles. The molecule has 0 radical (unpaired) electrons. The number of anilines is 1. The molecule has 5 heteroatoms. The molecule has 24 heavy (non-hydrogen) atoms. The molecule has 0 saturated heterocycles. The van der Waals surface area contributed by atoms with Crippen LogP contribution in [0.15, 0.2) is 36.4 Å². The largest absolute Gasteiger partial charge is 0.508 e. The number of rotatable bonds is 5. The first-order valence-electron chi connectivity index (χ1n) is 8.12. The fourth-order valence-electron chi connectivity index (χ4n) is 3.22. The van der Waals surface area contributed by atoms with Crippen LogP contribution in [0.2, 0.25) is 5.02 Å². The normalized spacial score (nSPS) is 16.5. The molecule has 0 aromatic heterocycles. The van der Waals surface area contributed by atoms with Crippen molar-refractivity contribution >= 4 is 23.2 Å². The van der Waals surface area contributed by atoms with Gasteiger partial charge in [0.2, 0.25) is 5.91 Å². The molecule has 1 aliphatic rings. The average molecular weight is 348 g/mol. The summed E-state index contributed by atoms with van der Waals surface area (Å²) in [5, 5.41) is 10.1. The van der Waals surface area contributed by atoms with Crippen molar-refractivity contribution in [3.05, 3.63) is 58.4 Å². The van der Waals surface area contributed by atoms with Crippen LogP contribution >= 0.6 is 11.6 Å². The van der Waals surface area contributed by atoms with Crippen LogP contribution in [0.25, 0.3) is 0 Å². The number of phenolic OH excluding ortho intramolecular Hbond substituents is 1. The van der Waals surface area contributed by atoms with E-state index in [9.17, 15) is 14.3 Å². The van der Waals surface area contributed by atoms with Crippen molar-refractivity contribution < 1.29 is 14.3 Å². The summed E-state index contributed by atoms with van der Waals surface area (Å²) in [5.41, 5.74) is 2.01. The predicted molar refractivity (Wildman–Crippen MR) is 93.2 cm³/mol. The van der Waals surface area contributed by atoms with Gasteiger partial charge in [-0.2, -0.15) is 0 Å². The number of carbonyl (C=O) groups excluding carboxylic acids is 1. The van der Waals surface area contributed by atoms with Gasteiger partial charge in [-0.05, 0) is 24.1 Å². The van der Waals surface area contributed by atoms with Gasteiger partial charge >= 0.3 is 0 Å². The summed E-state index contributed by atoms with van der Waals surface area (Å²) in [6.45, 7) is 2.75. The highest BCUT2D eigenvalue weighted by atomic mass is 35.5. The summed E-state index contributed by atoms with van der Waals surface area (Å²) >= 11 is 5.87. The molecular weight excluding hydrogens is 329 g/mol. The zero-order chi connectivity index (χ0) is 17.3. The van der Waals surface area contributed by atoms with E-state index in [1.807, 2.05) is 24.3 Å². The van der Waals surface area contributed by atoms with Crippen LogP contribution in [0.1, 0.15) is 43.2 Å². The van der Waals surface area contributed by atoms with Gasteiger partial charge in [0.1, 0.15) is 11.6 Å². The van der Waals surface area contributed by atoms with E-state index < -0.39 is 11.7 Å². The number of halogens is 2. The van der Waals surface area contributed by atoms with Gasteiger partial charge in [-0.15, -0.1) is 0 Å². The number of benzene rings is 2. The first-order valence-corrected chi connectivity index (χ1v) is 8.50. The maximum Gasteiger partial charge on any atom is 0.239 e. The van der Waals surface area contributed by atoms with E-state index in [1.54, 1.807) is 4.90 Å². The Hall–Kier alpha value is -2.07. The molecular formula is C19H19ClFNO2. The highest BCUT2D eigenvalue weighted by Gasteiger charge is 2.39. The van der Waals surface area contributed by atoms with Gasteiger partial charge in [0.05, 0.1) is 10.9 Å². The Morgan fingerprint density at radius 3 is 2.71 bits per heavy atom. The van der Waals surface area contributed by atoms with Gasteiger partial charge in [-0.3, -0.25) is 4.79 Å².